The Morgan fingerprint density at radius 3 is 2.91 bits per heavy atom. The number of carbonyl (C=O) groups is 1. The van der Waals surface area contributed by atoms with Gasteiger partial charge in [0.05, 0.1) is 15.7 Å². The minimum absolute atomic E-state index is 0.247. The van der Waals surface area contributed by atoms with Gasteiger partial charge < -0.3 is 5.32 Å². The van der Waals surface area contributed by atoms with Gasteiger partial charge in [-0.15, -0.1) is 11.3 Å². The molecular formula is C16H17BrN4OS. The number of nitrogens with zero attached hydrogens (tertiary/aromatic N) is 3. The van der Waals surface area contributed by atoms with E-state index in [1.165, 1.54) is 16.2 Å². The Kier molecular flexibility index (Phi) is 4.30. The molecule has 1 atom stereocenters. The maximum absolute atomic E-state index is 12.6. The monoisotopic (exact) mass is 392 g/mol. The summed E-state index contributed by atoms with van der Waals surface area (Å²) >= 11 is 4.94. The molecular weight excluding hydrogens is 376 g/mol. The Bertz CT molecular complexity index is 830. The highest BCUT2D eigenvalue weighted by Gasteiger charge is 2.26. The third-order valence-electron chi connectivity index (χ3n) is 4.21. The summed E-state index contributed by atoms with van der Waals surface area (Å²) in [5.41, 5.74) is 2.97. The van der Waals surface area contributed by atoms with E-state index >= 15 is 0 Å². The molecule has 120 valence electrons. The molecule has 3 rings (SSSR count). The van der Waals surface area contributed by atoms with E-state index in [0.29, 0.717) is 26.6 Å². The Labute approximate surface area is 147 Å². The largest absolute Gasteiger partial charge is 0.311 e. The van der Waals surface area contributed by atoms with Crippen LogP contribution in [0.1, 0.15) is 45.5 Å². The molecule has 2 heterocycles. The first-order valence-corrected chi connectivity index (χ1v) is 9.08. The van der Waals surface area contributed by atoms with Gasteiger partial charge in [-0.25, -0.2) is 0 Å². The van der Waals surface area contributed by atoms with Crippen LogP contribution in [-0.4, -0.2) is 15.7 Å². The number of anilines is 1. The lowest BCUT2D eigenvalue weighted by atomic mass is 9.89. The first-order chi connectivity index (χ1) is 10.9. The van der Waals surface area contributed by atoms with Gasteiger partial charge in [-0.3, -0.25) is 9.48 Å². The zero-order valence-electron chi connectivity index (χ0n) is 13.2. The van der Waals surface area contributed by atoms with Crippen molar-refractivity contribution in [3.63, 3.8) is 0 Å². The number of hydrogen-bond acceptors (Lipinski definition) is 4. The van der Waals surface area contributed by atoms with Crippen molar-refractivity contribution < 1.29 is 4.79 Å². The number of amides is 1. The van der Waals surface area contributed by atoms with E-state index in [1.807, 2.05) is 6.92 Å². The molecule has 2 aromatic heterocycles. The Balaban J connectivity index is 1.94. The maximum atomic E-state index is 12.6. The van der Waals surface area contributed by atoms with Crippen LogP contribution in [-0.2, 0) is 19.9 Å². The molecule has 0 aromatic carbocycles. The van der Waals surface area contributed by atoms with Crippen molar-refractivity contribution in [2.45, 2.75) is 33.1 Å². The number of carbonyl (C=O) groups excluding carboxylic acids is 1. The van der Waals surface area contributed by atoms with E-state index in [2.05, 4.69) is 39.3 Å². The van der Waals surface area contributed by atoms with Crippen molar-refractivity contribution in [3.8, 4) is 6.07 Å². The normalized spacial score (nSPS) is 16.7. The highest BCUT2D eigenvalue weighted by Crippen LogP contribution is 2.39. The standard InChI is InChI=1S/C16H17BrN4OS/c1-8-4-5-10-11(7-18)16(23-12(10)6-8)19-15(22)14-13(17)9(2)20-21(14)3/h8H,4-6H2,1-3H3,(H,19,22)/t8-/m0/s1. The van der Waals surface area contributed by atoms with Crippen molar-refractivity contribution in [1.82, 2.24) is 9.78 Å². The second-order valence-corrected chi connectivity index (χ2v) is 7.89. The van der Waals surface area contributed by atoms with Gasteiger partial charge in [0, 0.05) is 11.9 Å². The summed E-state index contributed by atoms with van der Waals surface area (Å²) in [4.78, 5) is 13.8. The molecule has 0 spiro atoms. The van der Waals surface area contributed by atoms with Crippen LogP contribution in [0.2, 0.25) is 0 Å². The number of nitriles is 1. The predicted molar refractivity (Wildman–Crippen MR) is 93.8 cm³/mol. The summed E-state index contributed by atoms with van der Waals surface area (Å²) in [6.45, 7) is 4.06. The minimum Gasteiger partial charge on any atom is -0.311 e. The second kappa shape index (κ2) is 6.10. The van der Waals surface area contributed by atoms with Crippen LogP contribution in [0.5, 0.6) is 0 Å². The molecule has 0 unspecified atom stereocenters. The van der Waals surface area contributed by atoms with E-state index < -0.39 is 0 Å². The Morgan fingerprint density at radius 2 is 2.30 bits per heavy atom. The molecule has 5 nitrogen and oxygen atoms in total. The fraction of sp³-hybridized carbons (Fsp3) is 0.438. The number of aromatic nitrogens is 2. The van der Waals surface area contributed by atoms with Gasteiger partial charge in [-0.2, -0.15) is 10.4 Å². The lowest BCUT2D eigenvalue weighted by molar-refractivity contribution is 0.101. The van der Waals surface area contributed by atoms with Crippen LogP contribution in [0, 0.1) is 24.2 Å². The van der Waals surface area contributed by atoms with E-state index in [-0.39, 0.29) is 5.91 Å². The predicted octanol–water partition coefficient (Wildman–Crippen LogP) is 3.80. The average molecular weight is 393 g/mol. The van der Waals surface area contributed by atoms with Crippen molar-refractivity contribution in [2.75, 3.05) is 5.32 Å². The summed E-state index contributed by atoms with van der Waals surface area (Å²) in [7, 11) is 1.74. The van der Waals surface area contributed by atoms with E-state index in [4.69, 9.17) is 0 Å². The van der Waals surface area contributed by atoms with Gasteiger partial charge in [-0.1, -0.05) is 6.92 Å². The lowest BCUT2D eigenvalue weighted by Gasteiger charge is -2.17. The van der Waals surface area contributed by atoms with E-state index in [0.717, 1.165) is 30.5 Å². The van der Waals surface area contributed by atoms with Gasteiger partial charge in [0.1, 0.15) is 16.8 Å². The molecule has 2 aromatic rings. The van der Waals surface area contributed by atoms with Crippen molar-refractivity contribution in [2.24, 2.45) is 13.0 Å². The molecule has 0 aliphatic heterocycles. The zero-order valence-corrected chi connectivity index (χ0v) is 15.6. The molecule has 7 heteroatoms. The Morgan fingerprint density at radius 1 is 1.57 bits per heavy atom. The van der Waals surface area contributed by atoms with E-state index in [9.17, 15) is 10.1 Å². The molecule has 0 saturated heterocycles. The zero-order chi connectivity index (χ0) is 16.7. The highest BCUT2D eigenvalue weighted by atomic mass is 79.9. The first-order valence-electron chi connectivity index (χ1n) is 7.47. The van der Waals surface area contributed by atoms with Crippen molar-refractivity contribution >= 4 is 38.2 Å². The molecule has 0 fully saturated rings. The Hall–Kier alpha value is -1.65. The van der Waals surface area contributed by atoms with Crippen LogP contribution in [0.4, 0.5) is 5.00 Å². The molecule has 1 aliphatic carbocycles. The fourth-order valence-corrected chi connectivity index (χ4v) is 4.87. The van der Waals surface area contributed by atoms with Gasteiger partial charge in [0.25, 0.3) is 5.91 Å². The third-order valence-corrected chi connectivity index (χ3v) is 6.33. The summed E-state index contributed by atoms with van der Waals surface area (Å²) in [5, 5.41) is 17.3. The van der Waals surface area contributed by atoms with Gasteiger partial charge >= 0.3 is 0 Å². The van der Waals surface area contributed by atoms with Crippen LogP contribution >= 0.6 is 27.3 Å². The maximum Gasteiger partial charge on any atom is 0.275 e. The van der Waals surface area contributed by atoms with Crippen molar-refractivity contribution in [3.05, 3.63) is 31.9 Å². The number of rotatable bonds is 2. The molecule has 0 bridgehead atoms. The first kappa shape index (κ1) is 16.2. The summed E-state index contributed by atoms with van der Waals surface area (Å²) in [6, 6.07) is 2.27. The van der Waals surface area contributed by atoms with E-state index in [1.54, 1.807) is 11.7 Å². The third kappa shape index (κ3) is 2.81. The molecule has 1 amide bonds. The lowest BCUT2D eigenvalue weighted by Crippen LogP contribution is -2.16. The molecule has 1 aliphatic rings. The summed E-state index contributed by atoms with van der Waals surface area (Å²) in [6.07, 6.45) is 3.00. The number of nitrogens with one attached hydrogen (secondary N) is 1. The summed E-state index contributed by atoms with van der Waals surface area (Å²) in [5.74, 6) is 0.383. The van der Waals surface area contributed by atoms with Gasteiger partial charge in [-0.05, 0) is 53.6 Å². The summed E-state index contributed by atoms with van der Waals surface area (Å²) < 4.78 is 2.24. The number of halogens is 1. The second-order valence-electron chi connectivity index (χ2n) is 5.99. The SMILES string of the molecule is Cc1nn(C)c(C(=O)Nc2sc3c(c2C#N)CC[C@H](C)C3)c1Br. The van der Waals surface area contributed by atoms with Crippen molar-refractivity contribution in [1.29, 1.82) is 5.26 Å². The number of fused-ring (bicyclic) bond motifs is 1. The van der Waals surface area contributed by atoms with Crippen LogP contribution in [0.25, 0.3) is 0 Å². The van der Waals surface area contributed by atoms with Crippen LogP contribution in [0.3, 0.4) is 0 Å². The fourth-order valence-electron chi connectivity index (χ4n) is 3.00. The van der Waals surface area contributed by atoms with Gasteiger partial charge in [0.2, 0.25) is 0 Å². The van der Waals surface area contributed by atoms with Gasteiger partial charge in [0.15, 0.2) is 0 Å². The highest BCUT2D eigenvalue weighted by molar-refractivity contribution is 9.10. The topological polar surface area (TPSA) is 70.7 Å². The smallest absolute Gasteiger partial charge is 0.275 e. The molecule has 0 saturated carbocycles. The number of hydrogen-bond donors (Lipinski definition) is 1. The minimum atomic E-state index is -0.247. The molecule has 1 N–H and O–H groups in total. The number of aryl methyl sites for hydroxylation is 2. The quantitative estimate of drug-likeness (QED) is 0.844. The van der Waals surface area contributed by atoms with Crippen LogP contribution < -0.4 is 5.32 Å². The number of thiophene rings is 1. The average Bonchev–Trinajstić information content (AvgIpc) is 2.95. The molecule has 0 radical (unpaired) electrons. The molecule has 23 heavy (non-hydrogen) atoms. The van der Waals surface area contributed by atoms with Crippen LogP contribution in [0.15, 0.2) is 4.47 Å².